The fraction of sp³-hybridized carbons (Fsp3) is 0.364. The number of hydrogen-bond donors (Lipinski definition) is 2. The van der Waals surface area contributed by atoms with Crippen LogP contribution in [0.4, 0.5) is 5.69 Å². The van der Waals surface area contributed by atoms with Crippen LogP contribution in [0.1, 0.15) is 23.2 Å². The molecule has 1 aromatic rings. The van der Waals surface area contributed by atoms with Crippen molar-refractivity contribution in [3.63, 3.8) is 0 Å². The molecule has 0 spiro atoms. The van der Waals surface area contributed by atoms with Crippen LogP contribution in [0.2, 0.25) is 0 Å². The third-order valence-electron chi connectivity index (χ3n) is 2.35. The molecule has 0 aliphatic heterocycles. The first-order chi connectivity index (χ1) is 6.81. The number of carbonyl (C=O) groups excluding carboxylic acids is 1. The number of Topliss-reactive ketones (excluding diaryl/α,β-unsaturated/α-hetero) is 1. The van der Waals surface area contributed by atoms with Crippen LogP contribution in [0, 0.1) is 0 Å². The highest BCUT2D eigenvalue weighted by atomic mass is 16.1. The van der Waals surface area contributed by atoms with Crippen LogP contribution < -0.4 is 11.1 Å². The molecule has 3 heteroatoms. The first-order valence-electron chi connectivity index (χ1n) is 4.90. The van der Waals surface area contributed by atoms with Gasteiger partial charge in [0, 0.05) is 17.3 Å². The monoisotopic (exact) mass is 190 g/mol. The number of nitrogens with one attached hydrogen (secondary N) is 1. The largest absolute Gasteiger partial charge is 0.382 e. The van der Waals surface area contributed by atoms with Gasteiger partial charge in [0.2, 0.25) is 0 Å². The molecule has 74 valence electrons. The molecule has 0 aromatic heterocycles. The number of para-hydroxylation sites is 1. The zero-order valence-corrected chi connectivity index (χ0v) is 7.99. The molecule has 1 saturated carbocycles. The molecule has 0 unspecified atom stereocenters. The van der Waals surface area contributed by atoms with E-state index in [0.717, 1.165) is 5.69 Å². The summed E-state index contributed by atoms with van der Waals surface area (Å²) in [6, 6.07) is 8.10. The molecule has 3 N–H and O–H groups in total. The van der Waals surface area contributed by atoms with Gasteiger partial charge in [-0.2, -0.15) is 0 Å². The highest BCUT2D eigenvalue weighted by Crippen LogP contribution is 2.26. The van der Waals surface area contributed by atoms with Crippen LogP contribution in [-0.4, -0.2) is 18.4 Å². The molecule has 1 aromatic carbocycles. The third kappa shape index (κ3) is 1.93. The Morgan fingerprint density at radius 1 is 1.43 bits per heavy atom. The van der Waals surface area contributed by atoms with Crippen LogP contribution in [0.3, 0.4) is 0 Å². The van der Waals surface area contributed by atoms with E-state index in [1.807, 2.05) is 24.3 Å². The summed E-state index contributed by atoms with van der Waals surface area (Å²) in [5, 5.41) is 3.32. The number of benzene rings is 1. The van der Waals surface area contributed by atoms with Crippen molar-refractivity contribution in [3.8, 4) is 0 Å². The van der Waals surface area contributed by atoms with E-state index in [4.69, 9.17) is 5.73 Å². The molecule has 14 heavy (non-hydrogen) atoms. The Hall–Kier alpha value is -1.35. The molecule has 0 bridgehead atoms. The molecule has 0 atom stereocenters. The average Bonchev–Trinajstić information content (AvgIpc) is 3.01. The molecule has 0 saturated heterocycles. The Kier molecular flexibility index (Phi) is 2.50. The van der Waals surface area contributed by atoms with Crippen molar-refractivity contribution in [2.24, 2.45) is 5.73 Å². The summed E-state index contributed by atoms with van der Waals surface area (Å²) in [7, 11) is 0. The number of nitrogens with two attached hydrogens (primary N) is 1. The predicted octanol–water partition coefficient (Wildman–Crippen LogP) is 1.40. The van der Waals surface area contributed by atoms with Gasteiger partial charge in [0.25, 0.3) is 0 Å². The molecule has 3 nitrogen and oxygen atoms in total. The van der Waals surface area contributed by atoms with Gasteiger partial charge in [0.15, 0.2) is 5.78 Å². The van der Waals surface area contributed by atoms with E-state index >= 15 is 0 Å². The molecule has 1 fully saturated rings. The van der Waals surface area contributed by atoms with Gasteiger partial charge in [0.05, 0.1) is 6.54 Å². The quantitative estimate of drug-likeness (QED) is 0.706. The van der Waals surface area contributed by atoms with E-state index in [1.54, 1.807) is 0 Å². The van der Waals surface area contributed by atoms with Crippen LogP contribution in [-0.2, 0) is 0 Å². The minimum Gasteiger partial charge on any atom is -0.382 e. The molecule has 0 radical (unpaired) electrons. The number of carbonyl (C=O) groups is 1. The van der Waals surface area contributed by atoms with Gasteiger partial charge in [-0.3, -0.25) is 4.79 Å². The number of anilines is 1. The van der Waals surface area contributed by atoms with Crippen molar-refractivity contribution in [2.45, 2.75) is 18.9 Å². The van der Waals surface area contributed by atoms with Gasteiger partial charge in [-0.05, 0) is 25.0 Å². The van der Waals surface area contributed by atoms with E-state index in [1.165, 1.54) is 12.8 Å². The Morgan fingerprint density at radius 2 is 2.14 bits per heavy atom. The summed E-state index contributed by atoms with van der Waals surface area (Å²) < 4.78 is 0. The van der Waals surface area contributed by atoms with Crippen LogP contribution in [0.15, 0.2) is 24.3 Å². The van der Waals surface area contributed by atoms with Crippen molar-refractivity contribution in [1.29, 1.82) is 0 Å². The van der Waals surface area contributed by atoms with E-state index in [9.17, 15) is 4.79 Å². The lowest BCUT2D eigenvalue weighted by atomic mass is 10.1. The fourth-order valence-electron chi connectivity index (χ4n) is 1.41. The average molecular weight is 190 g/mol. The van der Waals surface area contributed by atoms with E-state index < -0.39 is 0 Å². The third-order valence-corrected chi connectivity index (χ3v) is 2.35. The standard InChI is InChI=1S/C11H14N2O/c12-7-11(14)9-3-1-2-4-10(9)13-8-5-6-8/h1-4,8,13H,5-7,12H2. The van der Waals surface area contributed by atoms with Gasteiger partial charge >= 0.3 is 0 Å². The normalized spacial score (nSPS) is 15.2. The van der Waals surface area contributed by atoms with Crippen molar-refractivity contribution in [3.05, 3.63) is 29.8 Å². The maximum atomic E-state index is 11.5. The predicted molar refractivity (Wildman–Crippen MR) is 56.5 cm³/mol. The molecule has 1 aliphatic rings. The number of rotatable bonds is 4. The summed E-state index contributed by atoms with van der Waals surface area (Å²) in [6.45, 7) is 0.0728. The fourth-order valence-corrected chi connectivity index (χ4v) is 1.41. The van der Waals surface area contributed by atoms with E-state index in [-0.39, 0.29) is 12.3 Å². The molecule has 0 amide bonds. The molecule has 2 rings (SSSR count). The maximum absolute atomic E-state index is 11.5. The van der Waals surface area contributed by atoms with Crippen molar-refractivity contribution in [2.75, 3.05) is 11.9 Å². The van der Waals surface area contributed by atoms with Gasteiger partial charge < -0.3 is 11.1 Å². The summed E-state index contributed by atoms with van der Waals surface area (Å²) in [4.78, 5) is 11.5. The summed E-state index contributed by atoms with van der Waals surface area (Å²) in [6.07, 6.45) is 2.40. The highest BCUT2D eigenvalue weighted by Gasteiger charge is 2.22. The van der Waals surface area contributed by atoms with Crippen molar-refractivity contribution < 1.29 is 4.79 Å². The van der Waals surface area contributed by atoms with E-state index in [0.29, 0.717) is 11.6 Å². The minimum absolute atomic E-state index is 0.00579. The first kappa shape index (κ1) is 9.21. The second-order valence-electron chi connectivity index (χ2n) is 3.59. The maximum Gasteiger partial charge on any atom is 0.178 e. The van der Waals surface area contributed by atoms with Crippen LogP contribution >= 0.6 is 0 Å². The van der Waals surface area contributed by atoms with Crippen molar-refractivity contribution >= 4 is 11.5 Å². The van der Waals surface area contributed by atoms with Gasteiger partial charge in [0.1, 0.15) is 0 Å². The zero-order valence-electron chi connectivity index (χ0n) is 7.99. The first-order valence-corrected chi connectivity index (χ1v) is 4.90. The molecular weight excluding hydrogens is 176 g/mol. The van der Waals surface area contributed by atoms with Crippen molar-refractivity contribution in [1.82, 2.24) is 0 Å². The Balaban J connectivity index is 2.22. The lowest BCUT2D eigenvalue weighted by Crippen LogP contribution is -2.16. The summed E-state index contributed by atoms with van der Waals surface area (Å²) >= 11 is 0. The Labute approximate surface area is 83.3 Å². The topological polar surface area (TPSA) is 55.1 Å². The summed E-state index contributed by atoms with van der Waals surface area (Å²) in [5.41, 5.74) is 6.97. The van der Waals surface area contributed by atoms with Crippen LogP contribution in [0.5, 0.6) is 0 Å². The number of ketones is 1. The Bertz CT molecular complexity index is 345. The lowest BCUT2D eigenvalue weighted by Gasteiger charge is -2.09. The van der Waals surface area contributed by atoms with Gasteiger partial charge in [-0.15, -0.1) is 0 Å². The lowest BCUT2D eigenvalue weighted by molar-refractivity contribution is 0.100. The molecule has 1 aliphatic carbocycles. The SMILES string of the molecule is NCC(=O)c1ccccc1NC1CC1. The minimum atomic E-state index is -0.00579. The smallest absolute Gasteiger partial charge is 0.178 e. The molecule has 0 heterocycles. The highest BCUT2D eigenvalue weighted by molar-refractivity contribution is 6.02. The Morgan fingerprint density at radius 3 is 2.79 bits per heavy atom. The van der Waals surface area contributed by atoms with E-state index in [2.05, 4.69) is 5.32 Å². The van der Waals surface area contributed by atoms with Gasteiger partial charge in [-0.1, -0.05) is 12.1 Å². The summed E-state index contributed by atoms with van der Waals surface area (Å²) in [5.74, 6) is -0.00579. The van der Waals surface area contributed by atoms with Crippen LogP contribution in [0.25, 0.3) is 0 Å². The second-order valence-corrected chi connectivity index (χ2v) is 3.59. The number of hydrogen-bond acceptors (Lipinski definition) is 3. The zero-order chi connectivity index (χ0) is 9.97. The second kappa shape index (κ2) is 3.80. The van der Waals surface area contributed by atoms with Gasteiger partial charge in [-0.25, -0.2) is 0 Å². The molecular formula is C11H14N2O.